The van der Waals surface area contributed by atoms with Crippen LogP contribution >= 0.6 is 11.3 Å². The minimum atomic E-state index is -0.485. The predicted octanol–water partition coefficient (Wildman–Crippen LogP) is 2.74. The number of nitrogens with one attached hydrogen (secondary N) is 1. The molecule has 24 heavy (non-hydrogen) atoms. The number of furan rings is 1. The monoisotopic (exact) mass is 348 g/mol. The van der Waals surface area contributed by atoms with Gasteiger partial charge in [-0.2, -0.15) is 0 Å². The summed E-state index contributed by atoms with van der Waals surface area (Å²) in [4.78, 5) is 27.0. The van der Waals surface area contributed by atoms with Crippen LogP contribution in [0.15, 0.2) is 28.9 Å². The lowest BCUT2D eigenvalue weighted by Gasteiger charge is -2.34. The second-order valence-corrected chi connectivity index (χ2v) is 7.19. The summed E-state index contributed by atoms with van der Waals surface area (Å²) >= 11 is 1.24. The number of anilines is 1. The number of piperidine rings is 1. The highest BCUT2D eigenvalue weighted by Gasteiger charge is 2.29. The Bertz CT molecular complexity index is 738. The lowest BCUT2D eigenvalue weighted by atomic mass is 9.96. The van der Waals surface area contributed by atoms with Crippen molar-refractivity contribution in [3.63, 3.8) is 0 Å². The van der Waals surface area contributed by atoms with E-state index >= 15 is 0 Å². The summed E-state index contributed by atoms with van der Waals surface area (Å²) in [6.45, 7) is 4.83. The Labute approximate surface area is 144 Å². The van der Waals surface area contributed by atoms with Crippen LogP contribution < -0.4 is 5.32 Å². The molecule has 0 bridgehead atoms. The van der Waals surface area contributed by atoms with Crippen molar-refractivity contribution in [2.24, 2.45) is 5.92 Å². The molecule has 0 radical (unpaired) electrons. The van der Waals surface area contributed by atoms with E-state index in [1.807, 2.05) is 13.8 Å². The van der Waals surface area contributed by atoms with Crippen LogP contribution in [0, 0.1) is 12.8 Å². The van der Waals surface area contributed by atoms with Gasteiger partial charge < -0.3 is 19.7 Å². The van der Waals surface area contributed by atoms with Crippen LogP contribution in [0.25, 0.3) is 0 Å². The first-order valence-electron chi connectivity index (χ1n) is 7.88. The van der Waals surface area contributed by atoms with Gasteiger partial charge in [0.25, 0.3) is 11.8 Å². The van der Waals surface area contributed by atoms with Crippen molar-refractivity contribution in [1.29, 1.82) is 0 Å². The van der Waals surface area contributed by atoms with Gasteiger partial charge in [-0.15, -0.1) is 11.3 Å². The minimum absolute atomic E-state index is 0.0954. The number of rotatable bonds is 3. The smallest absolute Gasteiger partial charge is 0.291 e. The van der Waals surface area contributed by atoms with Crippen molar-refractivity contribution < 1.29 is 19.1 Å². The maximum Gasteiger partial charge on any atom is 0.291 e. The maximum atomic E-state index is 12.7. The molecular formula is C17H20N2O4S. The molecule has 128 valence electrons. The first kappa shape index (κ1) is 16.7. The fourth-order valence-electron chi connectivity index (χ4n) is 2.71. The summed E-state index contributed by atoms with van der Waals surface area (Å²) in [5.41, 5.74) is 0.813. The zero-order valence-electron chi connectivity index (χ0n) is 13.6. The number of likely N-dealkylation sites (tertiary alicyclic amines) is 1. The van der Waals surface area contributed by atoms with E-state index in [0.29, 0.717) is 23.0 Å². The van der Waals surface area contributed by atoms with Gasteiger partial charge in [0.2, 0.25) is 0 Å². The van der Waals surface area contributed by atoms with Crippen molar-refractivity contribution in [1.82, 2.24) is 4.90 Å². The number of aliphatic hydroxyl groups is 1. The Hall–Kier alpha value is -2.12. The number of thiophene rings is 1. The summed E-state index contributed by atoms with van der Waals surface area (Å²) in [6, 6.07) is 5.01. The predicted molar refractivity (Wildman–Crippen MR) is 91.4 cm³/mol. The highest BCUT2D eigenvalue weighted by molar-refractivity contribution is 7.18. The molecule has 2 amide bonds. The summed E-state index contributed by atoms with van der Waals surface area (Å²) in [5, 5.41) is 13.3. The fraction of sp³-hybridized carbons (Fsp3) is 0.412. The number of amides is 2. The molecule has 3 rings (SSSR count). The quantitative estimate of drug-likeness (QED) is 0.893. The van der Waals surface area contributed by atoms with Gasteiger partial charge in [0.15, 0.2) is 5.76 Å². The van der Waals surface area contributed by atoms with Crippen molar-refractivity contribution in [3.05, 3.63) is 40.7 Å². The number of hydrogen-bond acceptors (Lipinski definition) is 5. The molecule has 3 heterocycles. The second kappa shape index (κ2) is 6.78. The Morgan fingerprint density at radius 1 is 1.46 bits per heavy atom. The van der Waals surface area contributed by atoms with Crippen LogP contribution in [0.4, 0.5) is 5.00 Å². The fourth-order valence-corrected chi connectivity index (χ4v) is 3.75. The summed E-state index contributed by atoms with van der Waals surface area (Å²) in [7, 11) is 0. The van der Waals surface area contributed by atoms with E-state index < -0.39 is 6.10 Å². The van der Waals surface area contributed by atoms with Crippen LogP contribution in [-0.4, -0.2) is 41.0 Å². The molecule has 2 aromatic heterocycles. The normalized spacial score (nSPS) is 20.9. The van der Waals surface area contributed by atoms with E-state index in [0.717, 1.165) is 12.0 Å². The van der Waals surface area contributed by atoms with Crippen LogP contribution in [0.3, 0.4) is 0 Å². The lowest BCUT2D eigenvalue weighted by molar-refractivity contribution is 0.0251. The molecule has 1 saturated heterocycles. The zero-order chi connectivity index (χ0) is 17.3. The number of carbonyl (C=O) groups excluding carboxylic acids is 2. The molecule has 2 N–H and O–H groups in total. The molecule has 0 aliphatic carbocycles. The highest BCUT2D eigenvalue weighted by Crippen LogP contribution is 2.29. The molecule has 1 fully saturated rings. The van der Waals surface area contributed by atoms with E-state index in [9.17, 15) is 14.7 Å². The largest absolute Gasteiger partial charge is 0.459 e. The molecule has 1 aliphatic heterocycles. The number of aryl methyl sites for hydroxylation is 1. The molecule has 1 aliphatic rings. The number of aliphatic hydroxyl groups excluding tert-OH is 1. The van der Waals surface area contributed by atoms with Gasteiger partial charge in [0.1, 0.15) is 0 Å². The van der Waals surface area contributed by atoms with Crippen molar-refractivity contribution in [3.8, 4) is 0 Å². The first-order valence-corrected chi connectivity index (χ1v) is 8.70. The van der Waals surface area contributed by atoms with Crippen LogP contribution in [0.1, 0.15) is 39.1 Å². The summed E-state index contributed by atoms with van der Waals surface area (Å²) in [5.74, 6) is -0.00638. The average Bonchev–Trinajstić information content (AvgIpc) is 3.19. The summed E-state index contributed by atoms with van der Waals surface area (Å²) < 4.78 is 5.06. The first-order chi connectivity index (χ1) is 11.5. The SMILES string of the molecule is Cc1cc(NC(=O)c2ccco2)sc1C(=O)N1CCC(C)C(O)C1. The highest BCUT2D eigenvalue weighted by atomic mass is 32.1. The maximum absolute atomic E-state index is 12.7. The van der Waals surface area contributed by atoms with Crippen molar-refractivity contribution in [2.45, 2.75) is 26.4 Å². The van der Waals surface area contributed by atoms with Crippen molar-refractivity contribution >= 4 is 28.2 Å². The zero-order valence-corrected chi connectivity index (χ0v) is 14.4. The second-order valence-electron chi connectivity index (χ2n) is 6.14. The van der Waals surface area contributed by atoms with Gasteiger partial charge in [-0.05, 0) is 43.0 Å². The van der Waals surface area contributed by atoms with E-state index in [1.54, 1.807) is 23.1 Å². The Morgan fingerprint density at radius 2 is 2.25 bits per heavy atom. The Kier molecular flexibility index (Phi) is 4.73. The molecular weight excluding hydrogens is 328 g/mol. The molecule has 0 aromatic carbocycles. The number of nitrogens with zero attached hydrogens (tertiary/aromatic N) is 1. The van der Waals surface area contributed by atoms with Crippen LogP contribution in [0.5, 0.6) is 0 Å². The molecule has 0 saturated carbocycles. The van der Waals surface area contributed by atoms with Gasteiger partial charge in [-0.25, -0.2) is 0 Å². The number of carbonyl (C=O) groups is 2. The molecule has 2 unspecified atom stereocenters. The number of β-amino-alcohol motifs (C(OH)–C–C–N with tert-alkyl or cyclic N) is 1. The third-order valence-electron chi connectivity index (χ3n) is 4.30. The topological polar surface area (TPSA) is 82.8 Å². The van der Waals surface area contributed by atoms with E-state index in [1.165, 1.54) is 17.6 Å². The summed E-state index contributed by atoms with van der Waals surface area (Å²) in [6.07, 6.45) is 1.74. The van der Waals surface area contributed by atoms with E-state index in [-0.39, 0.29) is 23.5 Å². The van der Waals surface area contributed by atoms with E-state index in [2.05, 4.69) is 5.32 Å². The van der Waals surface area contributed by atoms with Crippen LogP contribution in [0.2, 0.25) is 0 Å². The van der Waals surface area contributed by atoms with E-state index in [4.69, 9.17) is 4.42 Å². The van der Waals surface area contributed by atoms with Gasteiger partial charge in [-0.1, -0.05) is 6.92 Å². The van der Waals surface area contributed by atoms with Crippen LogP contribution in [-0.2, 0) is 0 Å². The Morgan fingerprint density at radius 3 is 2.92 bits per heavy atom. The standard InChI is InChI=1S/C17H20N2O4S/c1-10-5-6-19(9-12(10)20)17(22)15-11(2)8-14(24-15)18-16(21)13-4-3-7-23-13/h3-4,7-8,10,12,20H,5-6,9H2,1-2H3,(H,18,21). The van der Waals surface area contributed by atoms with Gasteiger partial charge in [-0.3, -0.25) is 9.59 Å². The number of hydrogen-bond donors (Lipinski definition) is 2. The molecule has 2 atom stereocenters. The molecule has 2 aromatic rings. The minimum Gasteiger partial charge on any atom is -0.459 e. The third-order valence-corrected chi connectivity index (χ3v) is 5.44. The van der Waals surface area contributed by atoms with Gasteiger partial charge in [0, 0.05) is 13.1 Å². The third kappa shape index (κ3) is 3.37. The van der Waals surface area contributed by atoms with Gasteiger partial charge in [0.05, 0.1) is 22.2 Å². The Balaban J connectivity index is 1.72. The van der Waals surface area contributed by atoms with Gasteiger partial charge >= 0.3 is 0 Å². The molecule has 7 heteroatoms. The molecule has 6 nitrogen and oxygen atoms in total. The van der Waals surface area contributed by atoms with Crippen molar-refractivity contribution in [2.75, 3.05) is 18.4 Å². The average molecular weight is 348 g/mol. The lowest BCUT2D eigenvalue weighted by Crippen LogP contribution is -2.45. The molecule has 0 spiro atoms.